The molecule has 3 heterocycles. The maximum absolute atomic E-state index is 13.4. The number of carbonyl (C=O) groups is 1. The van der Waals surface area contributed by atoms with E-state index in [9.17, 15) is 14.9 Å². The number of nitrogens with zero attached hydrogens (tertiary/aromatic N) is 7. The van der Waals surface area contributed by atoms with Gasteiger partial charge in [0.15, 0.2) is 17.3 Å². The lowest BCUT2D eigenvalue weighted by atomic mass is 10.2. The van der Waals surface area contributed by atoms with Crippen molar-refractivity contribution in [1.82, 2.24) is 34.8 Å². The predicted molar refractivity (Wildman–Crippen MR) is 139 cm³/mol. The molecule has 38 heavy (non-hydrogen) atoms. The molecule has 1 saturated carbocycles. The summed E-state index contributed by atoms with van der Waals surface area (Å²) in [7, 11) is 1.55. The Hall–Kier alpha value is -4.32. The monoisotopic (exact) mass is 536 g/mol. The molecule has 0 saturated heterocycles. The van der Waals surface area contributed by atoms with Crippen LogP contribution in [0.1, 0.15) is 36.2 Å². The lowest BCUT2D eigenvalue weighted by Gasteiger charge is -2.28. The van der Waals surface area contributed by atoms with Gasteiger partial charge in [0.05, 0.1) is 24.7 Å². The molecule has 196 valence electrons. The Morgan fingerprint density at radius 1 is 1.21 bits per heavy atom. The van der Waals surface area contributed by atoms with Gasteiger partial charge in [-0.3, -0.25) is 9.78 Å². The highest BCUT2D eigenvalue weighted by Gasteiger charge is 2.30. The minimum atomic E-state index is -0.605. The zero-order valence-corrected chi connectivity index (χ0v) is 21.3. The van der Waals surface area contributed by atoms with Crippen LogP contribution in [-0.4, -0.2) is 65.4 Å². The van der Waals surface area contributed by atoms with Crippen LogP contribution in [0, 0.1) is 10.1 Å². The zero-order chi connectivity index (χ0) is 26.6. The summed E-state index contributed by atoms with van der Waals surface area (Å²) in [6, 6.07) is 10.2. The minimum Gasteiger partial charge on any atom is -0.495 e. The van der Waals surface area contributed by atoms with Crippen LogP contribution in [0.3, 0.4) is 0 Å². The maximum Gasteiger partial charge on any atom is 0.343 e. The number of aromatic amines is 1. The Kier molecular flexibility index (Phi) is 7.31. The average Bonchev–Trinajstić information content (AvgIpc) is 3.71. The van der Waals surface area contributed by atoms with Gasteiger partial charge in [0.1, 0.15) is 5.75 Å². The van der Waals surface area contributed by atoms with Gasteiger partial charge in [-0.25, -0.2) is 9.67 Å². The van der Waals surface area contributed by atoms with E-state index in [2.05, 4.69) is 15.2 Å². The number of hydrogen-bond acceptors (Lipinski definition) is 8. The molecular weight excluding hydrogens is 512 g/mol. The molecule has 0 spiro atoms. The van der Waals surface area contributed by atoms with Crippen molar-refractivity contribution >= 4 is 23.3 Å². The first-order valence-corrected chi connectivity index (χ1v) is 12.5. The second kappa shape index (κ2) is 11.0. The van der Waals surface area contributed by atoms with Crippen LogP contribution in [0.25, 0.3) is 22.8 Å². The Bertz CT molecular complexity index is 1450. The highest BCUT2D eigenvalue weighted by atomic mass is 35.5. The van der Waals surface area contributed by atoms with Crippen LogP contribution in [0.2, 0.25) is 5.02 Å². The molecule has 1 aliphatic rings. The topological polar surface area (TPSA) is 145 Å². The van der Waals surface area contributed by atoms with E-state index < -0.39 is 4.92 Å². The van der Waals surface area contributed by atoms with Crippen molar-refractivity contribution in [3.8, 4) is 28.5 Å². The number of H-pyrrole nitrogens is 1. The summed E-state index contributed by atoms with van der Waals surface area (Å²) in [6.45, 7) is 0.659. The summed E-state index contributed by atoms with van der Waals surface area (Å²) in [5.74, 6) is 0.954. The van der Waals surface area contributed by atoms with Crippen LogP contribution in [0.5, 0.6) is 5.75 Å². The molecular formula is C25H25ClN8O4. The molecule has 0 unspecified atom stereocenters. The number of halogens is 1. The molecule has 0 bridgehead atoms. The molecule has 12 nitrogen and oxygen atoms in total. The van der Waals surface area contributed by atoms with Gasteiger partial charge in [-0.15, -0.1) is 5.10 Å². The van der Waals surface area contributed by atoms with Crippen LogP contribution >= 0.6 is 11.6 Å². The van der Waals surface area contributed by atoms with Crippen molar-refractivity contribution < 1.29 is 14.5 Å². The van der Waals surface area contributed by atoms with E-state index in [0.29, 0.717) is 35.5 Å². The van der Waals surface area contributed by atoms with E-state index in [0.717, 1.165) is 36.8 Å². The SMILES string of the molecule is COc1ccc(-c2nc(-c3ccncc3)nn2CCN(C(=O)c2cc([N+](=O)[O-])[nH]n2)C2CCCC2)cc1Cl. The van der Waals surface area contributed by atoms with Crippen LogP contribution in [0.15, 0.2) is 48.8 Å². The number of aromatic nitrogens is 6. The molecule has 4 aromatic rings. The summed E-state index contributed by atoms with van der Waals surface area (Å²) in [4.78, 5) is 34.5. The first-order chi connectivity index (χ1) is 18.4. The van der Waals surface area contributed by atoms with Crippen molar-refractivity contribution in [2.24, 2.45) is 0 Å². The minimum absolute atomic E-state index is 0.0142. The summed E-state index contributed by atoms with van der Waals surface area (Å²) < 4.78 is 7.03. The standard InChI is InChI=1S/C25H25ClN8O4/c1-38-21-7-6-17(14-19(21)26)24-28-23(16-8-10-27-11-9-16)31-33(24)13-12-32(18-4-2-3-5-18)25(35)20-15-22(30-29-20)34(36)37/h6-11,14-15,18H,2-5,12-13H2,1H3,(H,29,30). The molecule has 0 radical (unpaired) electrons. The van der Waals surface area contributed by atoms with Crippen molar-refractivity contribution in [3.63, 3.8) is 0 Å². The summed E-state index contributed by atoms with van der Waals surface area (Å²) in [5, 5.41) is 22.5. The number of pyridine rings is 1. The van der Waals surface area contributed by atoms with E-state index in [4.69, 9.17) is 26.4 Å². The van der Waals surface area contributed by atoms with E-state index in [1.165, 1.54) is 6.07 Å². The second-order valence-corrected chi connectivity index (χ2v) is 9.31. The van der Waals surface area contributed by atoms with Crippen molar-refractivity contribution in [3.05, 3.63) is 69.6 Å². The first-order valence-electron chi connectivity index (χ1n) is 12.1. The van der Waals surface area contributed by atoms with Gasteiger partial charge in [-0.05, 0) is 48.1 Å². The van der Waals surface area contributed by atoms with Gasteiger partial charge < -0.3 is 19.8 Å². The summed E-state index contributed by atoms with van der Waals surface area (Å²) in [6.07, 6.45) is 7.09. The Balaban J connectivity index is 1.47. The lowest BCUT2D eigenvalue weighted by Crippen LogP contribution is -2.41. The fourth-order valence-electron chi connectivity index (χ4n) is 4.67. The number of methoxy groups -OCH3 is 1. The van der Waals surface area contributed by atoms with Gasteiger partial charge in [0.25, 0.3) is 5.91 Å². The zero-order valence-electron chi connectivity index (χ0n) is 20.6. The normalized spacial score (nSPS) is 13.5. The molecule has 0 aliphatic heterocycles. The van der Waals surface area contributed by atoms with E-state index in [1.807, 2.05) is 18.2 Å². The first kappa shape index (κ1) is 25.3. The largest absolute Gasteiger partial charge is 0.495 e. The molecule has 5 rings (SSSR count). The molecule has 1 N–H and O–H groups in total. The quantitative estimate of drug-likeness (QED) is 0.245. The fourth-order valence-corrected chi connectivity index (χ4v) is 4.93. The predicted octanol–water partition coefficient (Wildman–Crippen LogP) is 4.39. The second-order valence-electron chi connectivity index (χ2n) is 8.90. The molecule has 1 fully saturated rings. The number of benzene rings is 1. The van der Waals surface area contributed by atoms with Crippen LogP contribution < -0.4 is 4.74 Å². The smallest absolute Gasteiger partial charge is 0.343 e. The van der Waals surface area contributed by atoms with Gasteiger partial charge in [0.2, 0.25) is 0 Å². The third kappa shape index (κ3) is 5.21. The highest BCUT2D eigenvalue weighted by Crippen LogP contribution is 2.31. The number of hydrogen-bond donors (Lipinski definition) is 1. The number of rotatable bonds is 9. The lowest BCUT2D eigenvalue weighted by molar-refractivity contribution is -0.389. The van der Waals surface area contributed by atoms with E-state index in [1.54, 1.807) is 41.2 Å². The number of ether oxygens (including phenoxy) is 1. The highest BCUT2D eigenvalue weighted by molar-refractivity contribution is 6.32. The molecule has 0 atom stereocenters. The number of nitrogens with one attached hydrogen (secondary N) is 1. The van der Waals surface area contributed by atoms with E-state index in [-0.39, 0.29) is 23.5 Å². The molecule has 1 aliphatic carbocycles. The summed E-state index contributed by atoms with van der Waals surface area (Å²) >= 11 is 6.40. The third-order valence-electron chi connectivity index (χ3n) is 6.58. The average molecular weight is 537 g/mol. The van der Waals surface area contributed by atoms with Crippen molar-refractivity contribution in [2.45, 2.75) is 38.3 Å². The summed E-state index contributed by atoms with van der Waals surface area (Å²) in [5.41, 5.74) is 1.55. The van der Waals surface area contributed by atoms with Crippen molar-refractivity contribution in [1.29, 1.82) is 0 Å². The van der Waals surface area contributed by atoms with Gasteiger partial charge in [0, 0.05) is 36.1 Å². The number of nitro groups is 1. The molecule has 1 aromatic carbocycles. The van der Waals surface area contributed by atoms with Crippen LogP contribution in [-0.2, 0) is 6.54 Å². The number of amides is 1. The Labute approximate surface area is 222 Å². The Morgan fingerprint density at radius 3 is 2.63 bits per heavy atom. The molecule has 3 aromatic heterocycles. The van der Waals surface area contributed by atoms with Gasteiger partial charge >= 0.3 is 5.82 Å². The fraction of sp³-hybridized carbons (Fsp3) is 0.320. The molecule has 13 heteroatoms. The van der Waals surface area contributed by atoms with Crippen LogP contribution in [0.4, 0.5) is 5.82 Å². The van der Waals surface area contributed by atoms with Gasteiger partial charge in [-0.2, -0.15) is 5.10 Å². The van der Waals surface area contributed by atoms with E-state index >= 15 is 0 Å². The maximum atomic E-state index is 13.4. The third-order valence-corrected chi connectivity index (χ3v) is 6.87. The molecule has 1 amide bonds. The Morgan fingerprint density at radius 2 is 1.97 bits per heavy atom. The van der Waals surface area contributed by atoms with Crippen molar-refractivity contribution in [2.75, 3.05) is 13.7 Å². The number of carbonyl (C=O) groups excluding carboxylic acids is 1. The van der Waals surface area contributed by atoms with Gasteiger partial charge in [-0.1, -0.05) is 29.5 Å².